The molecule has 7 heteroatoms. The highest BCUT2D eigenvalue weighted by Gasteiger charge is 2.38. The Morgan fingerprint density at radius 3 is 2.25 bits per heavy atom. The summed E-state index contributed by atoms with van der Waals surface area (Å²) in [6, 6.07) is 1.84. The van der Waals surface area contributed by atoms with Crippen LogP contribution < -0.4 is 10.9 Å². The summed E-state index contributed by atoms with van der Waals surface area (Å²) in [5, 5.41) is 2.95. The van der Waals surface area contributed by atoms with Gasteiger partial charge >= 0.3 is 0 Å². The van der Waals surface area contributed by atoms with Gasteiger partial charge < -0.3 is 19.3 Å². The lowest BCUT2D eigenvalue weighted by Gasteiger charge is -2.41. The highest BCUT2D eigenvalue weighted by atomic mass is 16.2. The van der Waals surface area contributed by atoms with Crippen LogP contribution in [0.5, 0.6) is 0 Å². The Hall–Kier alpha value is -2.15. The molecule has 1 aromatic heterocycles. The number of carbonyl (C=O) groups is 2. The third-order valence-corrected chi connectivity index (χ3v) is 8.71. The van der Waals surface area contributed by atoms with Crippen LogP contribution in [0.25, 0.3) is 0 Å². The molecule has 3 aliphatic rings. The molecule has 2 amide bonds. The summed E-state index contributed by atoms with van der Waals surface area (Å²) in [6.07, 6.45) is 12.4. The van der Waals surface area contributed by atoms with Crippen molar-refractivity contribution in [3.8, 4) is 0 Å². The first kappa shape index (κ1) is 26.9. The van der Waals surface area contributed by atoms with Gasteiger partial charge in [-0.05, 0) is 69.9 Å². The standard InChI is InChI=1S/C29H46N4O3/c1-29(2,28(36)31-16-18-33(3,4)19-17-31)30-26(34)24-20-23-14-10-5-6-11-15-25(23)32(27(24)35)21-22-12-8-7-9-13-22/h20,22H,5-19,21H2,1-4H3/p+1. The van der Waals surface area contributed by atoms with Crippen molar-refractivity contribution in [2.75, 3.05) is 40.3 Å². The van der Waals surface area contributed by atoms with E-state index in [0.29, 0.717) is 25.6 Å². The second kappa shape index (κ2) is 11.1. The van der Waals surface area contributed by atoms with Crippen molar-refractivity contribution in [2.45, 2.75) is 96.6 Å². The zero-order valence-electron chi connectivity index (χ0n) is 23.0. The van der Waals surface area contributed by atoms with Crippen LogP contribution in [0.2, 0.25) is 0 Å². The Morgan fingerprint density at radius 1 is 0.972 bits per heavy atom. The molecule has 0 unspecified atom stereocenters. The lowest BCUT2D eigenvalue weighted by Crippen LogP contribution is -2.62. The molecule has 1 N–H and O–H groups in total. The molecule has 1 saturated carbocycles. The van der Waals surface area contributed by atoms with Crippen LogP contribution in [-0.2, 0) is 24.2 Å². The number of fused-ring (bicyclic) bond motifs is 1. The maximum Gasteiger partial charge on any atom is 0.263 e. The molecule has 1 saturated heterocycles. The Balaban J connectivity index is 1.59. The van der Waals surface area contributed by atoms with Crippen LogP contribution in [0.15, 0.2) is 10.9 Å². The van der Waals surface area contributed by atoms with Crippen LogP contribution in [0.4, 0.5) is 0 Å². The number of nitrogens with one attached hydrogen (secondary N) is 1. The fourth-order valence-corrected chi connectivity index (χ4v) is 6.23. The van der Waals surface area contributed by atoms with E-state index in [4.69, 9.17) is 0 Å². The van der Waals surface area contributed by atoms with Crippen molar-refractivity contribution in [1.82, 2.24) is 14.8 Å². The molecule has 0 aromatic carbocycles. The Kier molecular flexibility index (Phi) is 8.28. The lowest BCUT2D eigenvalue weighted by atomic mass is 9.88. The Labute approximate surface area is 216 Å². The van der Waals surface area contributed by atoms with Gasteiger partial charge in [-0.25, -0.2) is 0 Å². The van der Waals surface area contributed by atoms with Crippen LogP contribution in [0, 0.1) is 5.92 Å². The van der Waals surface area contributed by atoms with E-state index in [1.165, 1.54) is 32.1 Å². The lowest BCUT2D eigenvalue weighted by molar-refractivity contribution is -0.894. The molecule has 4 rings (SSSR count). The van der Waals surface area contributed by atoms with Crippen molar-refractivity contribution in [3.63, 3.8) is 0 Å². The Morgan fingerprint density at radius 2 is 1.58 bits per heavy atom. The number of rotatable bonds is 5. The molecular formula is C29H47N4O3+. The van der Waals surface area contributed by atoms with Crippen LogP contribution in [0.1, 0.15) is 93.3 Å². The van der Waals surface area contributed by atoms with E-state index in [9.17, 15) is 14.4 Å². The highest BCUT2D eigenvalue weighted by Crippen LogP contribution is 2.27. The average molecular weight is 500 g/mol. The molecule has 36 heavy (non-hydrogen) atoms. The minimum absolute atomic E-state index is 0.0793. The maximum absolute atomic E-state index is 13.8. The van der Waals surface area contributed by atoms with Gasteiger partial charge in [-0.15, -0.1) is 0 Å². The first-order valence-corrected chi connectivity index (χ1v) is 14.3. The van der Waals surface area contributed by atoms with Crippen molar-refractivity contribution >= 4 is 11.8 Å². The summed E-state index contributed by atoms with van der Waals surface area (Å²) < 4.78 is 2.84. The molecule has 0 atom stereocenters. The summed E-state index contributed by atoms with van der Waals surface area (Å²) in [6.45, 7) is 7.38. The predicted molar refractivity (Wildman–Crippen MR) is 143 cm³/mol. The number of piperazine rings is 1. The van der Waals surface area contributed by atoms with Crippen LogP contribution >= 0.6 is 0 Å². The third kappa shape index (κ3) is 6.21. The van der Waals surface area contributed by atoms with Gasteiger partial charge in [0.1, 0.15) is 11.1 Å². The van der Waals surface area contributed by atoms with Gasteiger partial charge in [0.2, 0.25) is 5.91 Å². The van der Waals surface area contributed by atoms with Gasteiger partial charge in [-0.2, -0.15) is 0 Å². The van der Waals surface area contributed by atoms with E-state index in [-0.39, 0.29) is 17.0 Å². The number of hydrogen-bond donors (Lipinski definition) is 1. The normalized spacial score (nSPS) is 21.3. The molecule has 1 aromatic rings. The molecule has 2 aliphatic carbocycles. The van der Waals surface area contributed by atoms with E-state index in [1.54, 1.807) is 13.8 Å². The number of amides is 2. The predicted octanol–water partition coefficient (Wildman–Crippen LogP) is 3.51. The zero-order chi connectivity index (χ0) is 25.9. The molecule has 2 heterocycles. The van der Waals surface area contributed by atoms with E-state index in [2.05, 4.69) is 19.4 Å². The van der Waals surface area contributed by atoms with E-state index in [0.717, 1.165) is 67.4 Å². The molecular weight excluding hydrogens is 452 g/mol. The first-order chi connectivity index (χ1) is 17.1. The number of aromatic nitrogens is 1. The quantitative estimate of drug-likeness (QED) is 0.630. The molecule has 2 fully saturated rings. The number of hydrogen-bond acceptors (Lipinski definition) is 3. The van der Waals surface area contributed by atoms with Crippen molar-refractivity contribution in [3.05, 3.63) is 33.2 Å². The van der Waals surface area contributed by atoms with Gasteiger partial charge in [0.05, 0.1) is 40.3 Å². The van der Waals surface area contributed by atoms with Gasteiger partial charge in [-0.1, -0.05) is 32.1 Å². The minimum atomic E-state index is -1.07. The largest absolute Gasteiger partial charge is 0.338 e. The molecule has 1 aliphatic heterocycles. The SMILES string of the molecule is CC(C)(NC(=O)c1cc2c(n(CC3CCCCC3)c1=O)CCCCCC2)C(=O)N1CC[N+](C)(C)CC1. The Bertz CT molecular complexity index is 1010. The molecule has 200 valence electrons. The molecule has 0 spiro atoms. The first-order valence-electron chi connectivity index (χ1n) is 14.3. The number of carbonyl (C=O) groups excluding carboxylic acids is 2. The smallest absolute Gasteiger partial charge is 0.263 e. The number of pyridine rings is 1. The second-order valence-corrected chi connectivity index (χ2v) is 12.6. The number of likely N-dealkylation sites (N-methyl/N-ethyl adjacent to an activating group) is 1. The van der Waals surface area contributed by atoms with Crippen molar-refractivity contribution < 1.29 is 14.1 Å². The van der Waals surface area contributed by atoms with Gasteiger partial charge in [0.25, 0.3) is 11.5 Å². The highest BCUT2D eigenvalue weighted by molar-refractivity contribution is 5.98. The van der Waals surface area contributed by atoms with E-state index < -0.39 is 11.4 Å². The monoisotopic (exact) mass is 499 g/mol. The van der Waals surface area contributed by atoms with Crippen molar-refractivity contribution in [2.24, 2.45) is 5.92 Å². The summed E-state index contributed by atoms with van der Waals surface area (Å²) >= 11 is 0. The van der Waals surface area contributed by atoms with Crippen LogP contribution in [0.3, 0.4) is 0 Å². The van der Waals surface area contributed by atoms with E-state index in [1.807, 2.05) is 15.5 Å². The summed E-state index contributed by atoms with van der Waals surface area (Å²) in [5.41, 5.74) is 1.23. The van der Waals surface area contributed by atoms with Crippen LogP contribution in [-0.4, -0.2) is 71.6 Å². The topological polar surface area (TPSA) is 71.4 Å². The fourth-order valence-electron chi connectivity index (χ4n) is 6.23. The van der Waals surface area contributed by atoms with Crippen molar-refractivity contribution in [1.29, 1.82) is 0 Å². The minimum Gasteiger partial charge on any atom is -0.338 e. The van der Waals surface area contributed by atoms with Gasteiger partial charge in [0, 0.05) is 12.2 Å². The summed E-state index contributed by atoms with van der Waals surface area (Å²) in [5.74, 6) is 0.00197. The van der Waals surface area contributed by atoms with E-state index >= 15 is 0 Å². The average Bonchev–Trinajstić information content (AvgIpc) is 2.81. The summed E-state index contributed by atoms with van der Waals surface area (Å²) in [4.78, 5) is 42.5. The number of aryl methyl sites for hydroxylation is 1. The number of quaternary nitrogens is 1. The fraction of sp³-hybridized carbons (Fsp3) is 0.759. The third-order valence-electron chi connectivity index (χ3n) is 8.71. The molecule has 7 nitrogen and oxygen atoms in total. The molecule has 0 radical (unpaired) electrons. The second-order valence-electron chi connectivity index (χ2n) is 12.6. The maximum atomic E-state index is 13.8. The van der Waals surface area contributed by atoms with Gasteiger partial charge in [0.15, 0.2) is 0 Å². The molecule has 0 bridgehead atoms. The summed E-state index contributed by atoms with van der Waals surface area (Å²) in [7, 11) is 4.35. The van der Waals surface area contributed by atoms with Gasteiger partial charge in [-0.3, -0.25) is 14.4 Å². The zero-order valence-corrected chi connectivity index (χ0v) is 23.0. The number of nitrogens with zero attached hydrogens (tertiary/aromatic N) is 3.